The van der Waals surface area contributed by atoms with Crippen LogP contribution in [0, 0.1) is 5.92 Å². The Morgan fingerprint density at radius 2 is 2.07 bits per heavy atom. The summed E-state index contributed by atoms with van der Waals surface area (Å²) in [5.74, 6) is 0.157. The standard InChI is InChI=1S/C8H19NO4P2/c1-4-5(3-11-14)12-8(10-2)6(9)7(4)13-15/h4-8H,3,9,14-15H2,1-2H3. The van der Waals surface area contributed by atoms with Crippen LogP contribution in [0.4, 0.5) is 0 Å². The van der Waals surface area contributed by atoms with Gasteiger partial charge in [0.05, 0.1) is 24.9 Å². The second-order valence-corrected chi connectivity index (χ2v) is 4.25. The molecule has 90 valence electrons. The number of hydrogen-bond acceptors (Lipinski definition) is 5. The average Bonchev–Trinajstić information content (AvgIpc) is 2.23. The third kappa shape index (κ3) is 3.07. The van der Waals surface area contributed by atoms with Gasteiger partial charge in [-0.15, -0.1) is 0 Å². The predicted molar refractivity (Wildman–Crippen MR) is 63.1 cm³/mol. The summed E-state index contributed by atoms with van der Waals surface area (Å²) in [6.07, 6.45) is -0.631. The van der Waals surface area contributed by atoms with Gasteiger partial charge in [0.1, 0.15) is 0 Å². The number of hydrogen-bond donors (Lipinski definition) is 1. The van der Waals surface area contributed by atoms with Gasteiger partial charge in [-0.05, 0) is 0 Å². The molecule has 0 amide bonds. The van der Waals surface area contributed by atoms with Crippen LogP contribution in [-0.4, -0.2) is 38.3 Å². The zero-order valence-electron chi connectivity index (χ0n) is 8.96. The van der Waals surface area contributed by atoms with E-state index in [0.29, 0.717) is 6.61 Å². The molecule has 5 nitrogen and oxygen atoms in total. The van der Waals surface area contributed by atoms with Gasteiger partial charge in [-0.3, -0.25) is 0 Å². The molecular weight excluding hydrogens is 236 g/mol. The Morgan fingerprint density at radius 1 is 1.40 bits per heavy atom. The minimum Gasteiger partial charge on any atom is -0.363 e. The highest BCUT2D eigenvalue weighted by atomic mass is 31.0. The number of rotatable bonds is 4. The van der Waals surface area contributed by atoms with Crippen molar-refractivity contribution < 1.29 is 18.5 Å². The van der Waals surface area contributed by atoms with Gasteiger partial charge < -0.3 is 24.3 Å². The van der Waals surface area contributed by atoms with Crippen molar-refractivity contribution in [1.29, 1.82) is 0 Å². The third-order valence-corrected chi connectivity index (χ3v) is 3.26. The lowest BCUT2D eigenvalue weighted by Gasteiger charge is -2.42. The molecule has 2 N–H and O–H groups in total. The summed E-state index contributed by atoms with van der Waals surface area (Å²) < 4.78 is 21.1. The first kappa shape index (κ1) is 13.7. The lowest BCUT2D eigenvalue weighted by molar-refractivity contribution is -0.233. The topological polar surface area (TPSA) is 62.9 Å². The predicted octanol–water partition coefficient (Wildman–Crippen LogP) is 0.303. The van der Waals surface area contributed by atoms with Crippen molar-refractivity contribution in [3.8, 4) is 0 Å². The van der Waals surface area contributed by atoms with Crippen molar-refractivity contribution in [2.75, 3.05) is 13.7 Å². The van der Waals surface area contributed by atoms with E-state index in [-0.39, 0.29) is 24.2 Å². The molecular formula is C8H19NO4P2. The third-order valence-electron chi connectivity index (χ3n) is 2.76. The van der Waals surface area contributed by atoms with Crippen LogP contribution in [0.15, 0.2) is 0 Å². The summed E-state index contributed by atoms with van der Waals surface area (Å²) in [5, 5.41) is 0. The Morgan fingerprint density at radius 3 is 2.53 bits per heavy atom. The molecule has 1 aliphatic heterocycles. The van der Waals surface area contributed by atoms with Crippen LogP contribution in [-0.2, 0) is 18.5 Å². The maximum Gasteiger partial charge on any atom is 0.175 e. The zero-order chi connectivity index (χ0) is 11.4. The van der Waals surface area contributed by atoms with E-state index in [1.165, 1.54) is 0 Å². The lowest BCUT2D eigenvalue weighted by Crippen LogP contribution is -2.59. The molecule has 1 fully saturated rings. The van der Waals surface area contributed by atoms with Gasteiger partial charge >= 0.3 is 0 Å². The van der Waals surface area contributed by atoms with Gasteiger partial charge in [0.25, 0.3) is 0 Å². The summed E-state index contributed by atoms with van der Waals surface area (Å²) in [7, 11) is 6.02. The fraction of sp³-hybridized carbons (Fsp3) is 1.00. The molecule has 1 aliphatic rings. The quantitative estimate of drug-likeness (QED) is 0.732. The van der Waals surface area contributed by atoms with Crippen LogP contribution in [0.2, 0.25) is 0 Å². The Bertz CT molecular complexity index is 197. The summed E-state index contributed by atoms with van der Waals surface area (Å²) in [6.45, 7) is 2.50. The van der Waals surface area contributed by atoms with E-state index in [0.717, 1.165) is 0 Å². The van der Waals surface area contributed by atoms with Crippen LogP contribution in [0.3, 0.4) is 0 Å². The van der Waals surface area contributed by atoms with Crippen molar-refractivity contribution in [3.63, 3.8) is 0 Å². The summed E-state index contributed by atoms with van der Waals surface area (Å²) in [5.41, 5.74) is 5.96. The summed E-state index contributed by atoms with van der Waals surface area (Å²) >= 11 is 0. The molecule has 0 aromatic heterocycles. The summed E-state index contributed by atoms with van der Waals surface area (Å²) in [4.78, 5) is 0. The second-order valence-electron chi connectivity index (χ2n) is 3.65. The van der Waals surface area contributed by atoms with E-state index in [4.69, 9.17) is 24.3 Å². The van der Waals surface area contributed by atoms with Crippen LogP contribution in [0.5, 0.6) is 0 Å². The SMILES string of the molecule is COC1OC(COP)C(C)C(OP)C1N. The van der Waals surface area contributed by atoms with E-state index >= 15 is 0 Å². The van der Waals surface area contributed by atoms with Crippen LogP contribution >= 0.6 is 18.9 Å². The van der Waals surface area contributed by atoms with Gasteiger partial charge in [-0.1, -0.05) is 6.92 Å². The Kier molecular flexibility index (Phi) is 5.86. The maximum absolute atomic E-state index is 5.96. The molecule has 7 heteroatoms. The Hall–Kier alpha value is 0.660. The van der Waals surface area contributed by atoms with Crippen molar-refractivity contribution in [1.82, 2.24) is 0 Å². The number of methoxy groups -OCH3 is 1. The Balaban J connectivity index is 2.70. The normalized spacial score (nSPS) is 41.8. The molecule has 0 bridgehead atoms. The van der Waals surface area contributed by atoms with Gasteiger partial charge in [0.2, 0.25) is 0 Å². The first-order valence-electron chi connectivity index (χ1n) is 4.76. The second kappa shape index (κ2) is 6.41. The average molecular weight is 255 g/mol. The van der Waals surface area contributed by atoms with Gasteiger partial charge in [-0.2, -0.15) is 0 Å². The van der Waals surface area contributed by atoms with Crippen LogP contribution in [0.1, 0.15) is 6.92 Å². The molecule has 1 heterocycles. The van der Waals surface area contributed by atoms with E-state index in [9.17, 15) is 0 Å². The van der Waals surface area contributed by atoms with Crippen molar-refractivity contribution >= 4 is 18.9 Å². The van der Waals surface area contributed by atoms with Crippen LogP contribution in [0.25, 0.3) is 0 Å². The molecule has 0 aliphatic carbocycles. The molecule has 0 radical (unpaired) electrons. The zero-order valence-corrected chi connectivity index (χ0v) is 11.3. The molecule has 1 saturated heterocycles. The largest absolute Gasteiger partial charge is 0.363 e. The molecule has 0 spiro atoms. The van der Waals surface area contributed by atoms with E-state index < -0.39 is 6.29 Å². The highest BCUT2D eigenvalue weighted by Crippen LogP contribution is 2.29. The van der Waals surface area contributed by atoms with Gasteiger partial charge in [0, 0.05) is 32.0 Å². The van der Waals surface area contributed by atoms with E-state index in [2.05, 4.69) is 18.9 Å². The molecule has 0 saturated carbocycles. The maximum atomic E-state index is 5.96. The van der Waals surface area contributed by atoms with Crippen molar-refractivity contribution in [3.05, 3.63) is 0 Å². The Labute approximate surface area is 94.9 Å². The van der Waals surface area contributed by atoms with Crippen molar-refractivity contribution in [2.24, 2.45) is 11.7 Å². The first-order chi connectivity index (χ1) is 7.15. The number of ether oxygens (including phenoxy) is 2. The van der Waals surface area contributed by atoms with Crippen LogP contribution < -0.4 is 5.73 Å². The van der Waals surface area contributed by atoms with Crippen molar-refractivity contribution in [2.45, 2.75) is 31.5 Å². The molecule has 7 atom stereocenters. The fourth-order valence-corrected chi connectivity index (χ4v) is 2.44. The monoisotopic (exact) mass is 255 g/mol. The lowest BCUT2D eigenvalue weighted by atomic mass is 9.90. The molecule has 0 aromatic rings. The minimum atomic E-state index is -0.447. The van der Waals surface area contributed by atoms with E-state index in [1.807, 2.05) is 6.92 Å². The summed E-state index contributed by atoms with van der Waals surface area (Å²) in [6, 6.07) is -0.289. The van der Waals surface area contributed by atoms with E-state index in [1.54, 1.807) is 7.11 Å². The fourth-order valence-electron chi connectivity index (χ4n) is 1.82. The molecule has 1 rings (SSSR count). The highest BCUT2D eigenvalue weighted by Gasteiger charge is 2.42. The number of nitrogens with two attached hydrogens (primary N) is 1. The minimum absolute atomic E-state index is 0.0715. The molecule has 7 unspecified atom stereocenters. The molecule has 15 heavy (non-hydrogen) atoms. The van der Waals surface area contributed by atoms with Gasteiger partial charge in [0.15, 0.2) is 6.29 Å². The first-order valence-corrected chi connectivity index (χ1v) is 5.71. The highest BCUT2D eigenvalue weighted by molar-refractivity contribution is 7.10. The molecule has 0 aromatic carbocycles. The van der Waals surface area contributed by atoms with Gasteiger partial charge in [-0.25, -0.2) is 0 Å². The smallest absolute Gasteiger partial charge is 0.175 e.